The fourth-order valence-corrected chi connectivity index (χ4v) is 5.74. The third-order valence-electron chi connectivity index (χ3n) is 4.73. The van der Waals surface area contributed by atoms with E-state index in [4.69, 9.17) is 23.4 Å². The van der Waals surface area contributed by atoms with Gasteiger partial charge in [-0.3, -0.25) is 0 Å². The predicted octanol–water partition coefficient (Wildman–Crippen LogP) is 2.60. The maximum Gasteiger partial charge on any atom is 0.194 e. The lowest BCUT2D eigenvalue weighted by Crippen LogP contribution is -2.49. The zero-order valence-corrected chi connectivity index (χ0v) is 15.7. The first-order chi connectivity index (χ1) is 10.5. The summed E-state index contributed by atoms with van der Waals surface area (Å²) in [6, 6.07) is 0. The summed E-state index contributed by atoms with van der Waals surface area (Å²) in [6.45, 7) is 11.9. The van der Waals surface area contributed by atoms with Crippen LogP contribution in [0.2, 0.25) is 18.6 Å². The molecule has 0 radical (unpaired) electrons. The summed E-state index contributed by atoms with van der Waals surface area (Å²) < 4.78 is 28.9. The highest BCUT2D eigenvalue weighted by Crippen LogP contribution is 2.37. The quantitative estimate of drug-likeness (QED) is 0.406. The van der Waals surface area contributed by atoms with Crippen molar-refractivity contribution in [2.45, 2.75) is 69.7 Å². The minimum atomic E-state index is -1.91. The van der Waals surface area contributed by atoms with E-state index >= 15 is 0 Å². The molecular formula is C16H32O5Si. The van der Waals surface area contributed by atoms with Crippen LogP contribution in [-0.2, 0) is 23.4 Å². The molecule has 2 aliphatic rings. The maximum atomic E-state index is 6.19. The smallest absolute Gasteiger partial charge is 0.194 e. The summed E-state index contributed by atoms with van der Waals surface area (Å²) in [5, 5.41) is 0. The van der Waals surface area contributed by atoms with E-state index in [1.165, 1.54) is 0 Å². The van der Waals surface area contributed by atoms with Crippen LogP contribution in [0.4, 0.5) is 0 Å². The van der Waals surface area contributed by atoms with Crippen molar-refractivity contribution in [1.29, 1.82) is 0 Å². The second-order valence-electron chi connectivity index (χ2n) is 6.80. The van der Waals surface area contributed by atoms with Crippen molar-refractivity contribution in [2.24, 2.45) is 0 Å². The van der Waals surface area contributed by atoms with Gasteiger partial charge >= 0.3 is 0 Å². The van der Waals surface area contributed by atoms with Crippen molar-refractivity contribution in [3.63, 3.8) is 0 Å². The third kappa shape index (κ3) is 5.28. The summed E-state index contributed by atoms with van der Waals surface area (Å²) in [5.41, 5.74) is 0.310. The Morgan fingerprint density at radius 1 is 0.955 bits per heavy atom. The van der Waals surface area contributed by atoms with Crippen molar-refractivity contribution in [1.82, 2.24) is 0 Å². The molecule has 2 heterocycles. The van der Waals surface area contributed by atoms with E-state index in [1.807, 2.05) is 7.11 Å². The Hall–Kier alpha value is 0.0169. The first kappa shape index (κ1) is 18.4. The minimum Gasteiger partial charge on any atom is -0.420 e. The number of ether oxygens (including phenoxy) is 4. The van der Waals surface area contributed by atoms with Crippen LogP contribution in [0.15, 0.2) is 0 Å². The van der Waals surface area contributed by atoms with E-state index < -0.39 is 8.32 Å². The molecule has 5 nitrogen and oxygen atoms in total. The molecule has 0 N–H and O–H groups in total. The summed E-state index contributed by atoms with van der Waals surface area (Å²) >= 11 is 0. The predicted molar refractivity (Wildman–Crippen MR) is 87.8 cm³/mol. The van der Waals surface area contributed by atoms with Crippen LogP contribution >= 0.6 is 0 Å². The van der Waals surface area contributed by atoms with Gasteiger partial charge in [0, 0.05) is 12.7 Å². The van der Waals surface area contributed by atoms with Gasteiger partial charge in [-0.15, -0.1) is 0 Å². The standard InChI is InChI=1S/C16H32O5Si/c1-6-14(20-10-12-8-18-12)16(22(4,5)17-3)15(7-2)21-11-13-9-19-13/h12-16H,6-11H2,1-5H3. The number of hydrogen-bond acceptors (Lipinski definition) is 5. The molecule has 0 bridgehead atoms. The highest BCUT2D eigenvalue weighted by atomic mass is 28.4. The summed E-state index contributed by atoms with van der Waals surface area (Å²) in [6.07, 6.45) is 2.85. The van der Waals surface area contributed by atoms with Gasteiger partial charge in [-0.05, 0) is 25.9 Å². The third-order valence-corrected chi connectivity index (χ3v) is 8.13. The molecule has 6 heteroatoms. The van der Waals surface area contributed by atoms with Crippen LogP contribution < -0.4 is 0 Å². The zero-order chi connectivity index (χ0) is 16.2. The fraction of sp³-hybridized carbons (Fsp3) is 1.00. The molecule has 2 rings (SSSR count). The van der Waals surface area contributed by atoms with Crippen LogP contribution in [-0.4, -0.2) is 66.3 Å². The van der Waals surface area contributed by atoms with E-state index in [1.54, 1.807) is 0 Å². The molecule has 2 saturated heterocycles. The van der Waals surface area contributed by atoms with Gasteiger partial charge in [0.1, 0.15) is 12.2 Å². The lowest BCUT2D eigenvalue weighted by atomic mass is 10.1. The van der Waals surface area contributed by atoms with Gasteiger partial charge < -0.3 is 23.4 Å². The van der Waals surface area contributed by atoms with Gasteiger partial charge in [0.25, 0.3) is 0 Å². The van der Waals surface area contributed by atoms with Crippen molar-refractivity contribution in [3.05, 3.63) is 0 Å². The Morgan fingerprint density at radius 3 is 1.64 bits per heavy atom. The molecule has 130 valence electrons. The SMILES string of the molecule is CCC(OCC1CO1)C(C(CC)OCC1CO1)[Si](C)(C)OC. The highest BCUT2D eigenvalue weighted by molar-refractivity contribution is 6.73. The van der Waals surface area contributed by atoms with Crippen LogP contribution in [0.25, 0.3) is 0 Å². The van der Waals surface area contributed by atoms with E-state index in [0.717, 1.165) is 26.1 Å². The highest BCUT2D eigenvalue weighted by Gasteiger charge is 2.44. The molecule has 0 aromatic heterocycles. The molecule has 0 spiro atoms. The molecule has 22 heavy (non-hydrogen) atoms. The molecule has 4 unspecified atom stereocenters. The number of rotatable bonds is 12. The average molecular weight is 333 g/mol. The van der Waals surface area contributed by atoms with Gasteiger partial charge in [0.2, 0.25) is 0 Å². The Labute approximate surface area is 135 Å². The molecule has 0 saturated carbocycles. The molecule has 0 aliphatic carbocycles. The van der Waals surface area contributed by atoms with Crippen LogP contribution in [0, 0.1) is 0 Å². The first-order valence-corrected chi connectivity index (χ1v) is 11.5. The van der Waals surface area contributed by atoms with E-state index in [9.17, 15) is 0 Å². The second-order valence-corrected chi connectivity index (χ2v) is 11.1. The first-order valence-electron chi connectivity index (χ1n) is 8.53. The molecule has 0 amide bonds. The Bertz CT molecular complexity index is 306. The normalized spacial score (nSPS) is 28.2. The van der Waals surface area contributed by atoms with Crippen molar-refractivity contribution >= 4 is 8.32 Å². The number of epoxide rings is 2. The molecular weight excluding hydrogens is 300 g/mol. The van der Waals surface area contributed by atoms with Crippen LogP contribution in [0.3, 0.4) is 0 Å². The Kier molecular flexibility index (Phi) is 6.85. The van der Waals surface area contributed by atoms with E-state index in [0.29, 0.717) is 31.0 Å². The summed E-state index contributed by atoms with van der Waals surface area (Å²) in [4.78, 5) is 0. The lowest BCUT2D eigenvalue weighted by molar-refractivity contribution is -0.0322. The summed E-state index contributed by atoms with van der Waals surface area (Å²) in [7, 11) is -0.0836. The Morgan fingerprint density at radius 2 is 1.36 bits per heavy atom. The van der Waals surface area contributed by atoms with Crippen molar-refractivity contribution in [2.75, 3.05) is 33.5 Å². The average Bonchev–Trinajstić information content (AvgIpc) is 3.39. The monoisotopic (exact) mass is 332 g/mol. The van der Waals surface area contributed by atoms with Gasteiger partial charge in [-0.25, -0.2) is 0 Å². The van der Waals surface area contributed by atoms with Crippen molar-refractivity contribution < 1.29 is 23.4 Å². The summed E-state index contributed by atoms with van der Waals surface area (Å²) in [5.74, 6) is 0. The topological polar surface area (TPSA) is 52.8 Å². The Balaban J connectivity index is 2.02. The van der Waals surface area contributed by atoms with E-state index in [2.05, 4.69) is 26.9 Å². The van der Waals surface area contributed by atoms with Crippen LogP contribution in [0.5, 0.6) is 0 Å². The van der Waals surface area contributed by atoms with Gasteiger partial charge in [0.15, 0.2) is 8.32 Å². The molecule has 2 fully saturated rings. The minimum absolute atomic E-state index is 0.163. The lowest BCUT2D eigenvalue weighted by Gasteiger charge is -2.40. The second kappa shape index (κ2) is 8.21. The maximum absolute atomic E-state index is 6.19. The molecule has 4 atom stereocenters. The van der Waals surface area contributed by atoms with Crippen molar-refractivity contribution in [3.8, 4) is 0 Å². The van der Waals surface area contributed by atoms with Gasteiger partial charge in [-0.1, -0.05) is 13.8 Å². The molecule has 2 aliphatic heterocycles. The largest absolute Gasteiger partial charge is 0.420 e. The van der Waals surface area contributed by atoms with Gasteiger partial charge in [0.05, 0.1) is 38.6 Å². The van der Waals surface area contributed by atoms with E-state index in [-0.39, 0.29) is 12.2 Å². The molecule has 0 aromatic rings. The van der Waals surface area contributed by atoms with Crippen LogP contribution in [0.1, 0.15) is 26.7 Å². The zero-order valence-electron chi connectivity index (χ0n) is 14.7. The fourth-order valence-electron chi connectivity index (χ4n) is 3.01. The molecule has 0 aromatic carbocycles. The number of hydrogen-bond donors (Lipinski definition) is 0. The van der Waals surface area contributed by atoms with Gasteiger partial charge in [-0.2, -0.15) is 0 Å².